The van der Waals surface area contributed by atoms with Gasteiger partial charge in [-0.15, -0.1) is 16.4 Å². The predicted octanol–water partition coefficient (Wildman–Crippen LogP) is 5.30. The summed E-state index contributed by atoms with van der Waals surface area (Å²) in [5, 5.41) is 14.4. The van der Waals surface area contributed by atoms with Crippen molar-refractivity contribution in [2.75, 3.05) is 93.1 Å². The zero-order valence-electron chi connectivity index (χ0n) is 52.5. The third-order valence-electron chi connectivity index (χ3n) is 15.3. The number of hydrogen-bond acceptors (Lipinski definition) is 16. The summed E-state index contributed by atoms with van der Waals surface area (Å²) in [7, 11) is 3.31. The van der Waals surface area contributed by atoms with Gasteiger partial charge in [0.15, 0.2) is 11.4 Å². The first-order valence-electron chi connectivity index (χ1n) is 30.8. The van der Waals surface area contributed by atoms with Crippen molar-refractivity contribution in [1.29, 1.82) is 0 Å². The van der Waals surface area contributed by atoms with Crippen LogP contribution in [0.5, 0.6) is 5.75 Å². The van der Waals surface area contributed by atoms with E-state index in [1.54, 1.807) is 60.0 Å². The van der Waals surface area contributed by atoms with Crippen LogP contribution in [0.4, 0.5) is 8.63 Å². The van der Waals surface area contributed by atoms with Crippen LogP contribution in [0.3, 0.4) is 0 Å². The van der Waals surface area contributed by atoms with Gasteiger partial charge in [-0.1, -0.05) is 30.7 Å². The molecule has 0 aliphatic carbocycles. The number of allylic oxidation sites excluding steroid dienone is 2. The van der Waals surface area contributed by atoms with Gasteiger partial charge in [-0.25, -0.2) is 21.6 Å². The van der Waals surface area contributed by atoms with E-state index in [1.165, 1.54) is 23.5 Å². The maximum absolute atomic E-state index is 17.4. The predicted molar refractivity (Wildman–Crippen MR) is 338 cm³/mol. The van der Waals surface area contributed by atoms with Gasteiger partial charge in [0.25, 0.3) is 11.8 Å². The van der Waals surface area contributed by atoms with Gasteiger partial charge >= 0.3 is 12.9 Å². The van der Waals surface area contributed by atoms with E-state index < -0.39 is 74.5 Å². The second kappa shape index (κ2) is 33.2. The number of rotatable bonds is 40. The van der Waals surface area contributed by atoms with Crippen LogP contribution in [0, 0.1) is 0 Å². The monoisotopic (exact) mass is 1320 g/mol. The second-order valence-electron chi connectivity index (χ2n) is 25.1. The maximum Gasteiger partial charge on any atom is 0.737 e. The number of thiophene rings is 1. The topological polar surface area (TPSA) is 295 Å². The fourth-order valence-corrected chi connectivity index (χ4v) is 12.5. The Labute approximate surface area is 531 Å². The van der Waals surface area contributed by atoms with E-state index in [0.717, 1.165) is 50.3 Å². The molecule has 23 nitrogen and oxygen atoms in total. The molecular weight excluding hydrogens is 1230 g/mol. The number of amides is 5. The number of hydrogen-bond donors (Lipinski definition) is 4. The molecule has 0 spiro atoms. The highest BCUT2D eigenvalue weighted by Gasteiger charge is 2.54. The van der Waals surface area contributed by atoms with Gasteiger partial charge in [0, 0.05) is 79.4 Å². The Balaban J connectivity index is 1.04. The average molecular weight is 1320 g/mol. The number of benzene rings is 1. The van der Waals surface area contributed by atoms with Gasteiger partial charge in [-0.05, 0) is 137 Å². The number of hydroxylamine groups is 2. The molecule has 2 atom stereocenters. The smallest absolute Gasteiger partial charge is 0.737 e. The normalized spacial score (nSPS) is 15.8. The van der Waals surface area contributed by atoms with Crippen LogP contribution in [-0.2, 0) is 60.3 Å². The Morgan fingerprint density at radius 2 is 1.37 bits per heavy atom. The summed E-state index contributed by atoms with van der Waals surface area (Å²) in [6.07, 6.45) is 12.2. The van der Waals surface area contributed by atoms with Crippen molar-refractivity contribution < 1.29 is 86.4 Å². The van der Waals surface area contributed by atoms with Gasteiger partial charge < -0.3 is 66.5 Å². The van der Waals surface area contributed by atoms with Crippen molar-refractivity contribution in [3.63, 3.8) is 0 Å². The van der Waals surface area contributed by atoms with Crippen molar-refractivity contribution in [2.24, 2.45) is 0 Å². The van der Waals surface area contributed by atoms with E-state index >= 15 is 8.63 Å². The number of aromatic nitrogens is 1. The molecule has 6 rings (SSSR count). The van der Waals surface area contributed by atoms with E-state index in [2.05, 4.69) is 63.6 Å². The first-order valence-corrected chi connectivity index (χ1v) is 34.8. The first kappa shape index (κ1) is 72.6. The van der Waals surface area contributed by atoms with Gasteiger partial charge in [0.05, 0.1) is 87.1 Å². The fourth-order valence-electron chi connectivity index (χ4n) is 10.7. The van der Waals surface area contributed by atoms with Crippen LogP contribution in [0.15, 0.2) is 65.2 Å². The number of nitrogens with zero attached hydrogens (tertiary/aromatic N) is 5. The van der Waals surface area contributed by atoms with Crippen molar-refractivity contribution in [2.45, 2.75) is 128 Å². The van der Waals surface area contributed by atoms with Crippen LogP contribution in [0.1, 0.15) is 137 Å². The lowest BCUT2D eigenvalue weighted by molar-refractivity contribution is -0.870. The Hall–Kier alpha value is -6.47. The van der Waals surface area contributed by atoms with Crippen LogP contribution < -0.4 is 26.0 Å². The zero-order chi connectivity index (χ0) is 65.9. The molecule has 0 bridgehead atoms. The van der Waals surface area contributed by atoms with Gasteiger partial charge in [-0.3, -0.25) is 24.0 Å². The number of ether oxygens (including phenoxy) is 1. The molecule has 2 aromatic heterocycles. The number of carbonyl (C=O) groups is 6. The summed E-state index contributed by atoms with van der Waals surface area (Å²) in [4.78, 5) is 82.3. The molecule has 1 fully saturated rings. The summed E-state index contributed by atoms with van der Waals surface area (Å²) in [5.74, 6) is -3.75. The molecular formula is C61H88BF2N9O14S3. The third kappa shape index (κ3) is 23.6. The highest BCUT2D eigenvalue weighted by atomic mass is 32.2. The summed E-state index contributed by atoms with van der Waals surface area (Å²) < 4.78 is 113. The number of halogens is 2. The molecule has 29 heteroatoms. The number of quaternary nitrogens is 2. The van der Waals surface area contributed by atoms with E-state index in [1.807, 2.05) is 0 Å². The maximum atomic E-state index is 17.4. The molecule has 3 aliphatic rings. The van der Waals surface area contributed by atoms with Gasteiger partial charge in [0.1, 0.15) is 17.8 Å². The number of nitrogens with one attached hydrogen (secondary N) is 4. The molecule has 4 N–H and O–H groups in total. The molecule has 3 aromatic rings. The Morgan fingerprint density at radius 3 is 1.98 bits per heavy atom. The standard InChI is InChI=1S/C61H88BF2N9O14S3/c1-72(2,3)36-12-9-20-50(60(78)66-35-34-65-33-11-7-8-24-59(77)87-71-57(75)31-32-58(71)76)68-61(79)51(21-10-13-37-73(4,5)6)67-56(74)23-14-38-86-49-29-26-45(27-30-49)25-28-48-42-46(18-16-40-89(80,81)82)52-44-53-47(19-17-41-90(83,84)85)43-54(55-22-15-39-88-55)70(53)62(63,64)69(48)52/h15,22,25-30,39,42-44,50-51,65H,7-14,16-21,23-24,31-38,40-41H2,1-6H3,(H3-2,66,67,68,74,78,79,80,81,82,83,84,85)/b28-25+. The van der Waals surface area contributed by atoms with E-state index in [9.17, 15) is 54.7 Å². The minimum atomic E-state index is -4.64. The molecule has 90 heavy (non-hydrogen) atoms. The molecule has 2 unspecified atom stereocenters. The molecule has 496 valence electrons. The molecule has 1 saturated heterocycles. The SMILES string of the molecule is C[N+](C)(C)CCCCC(NC(=O)CCCOc1ccc(/C=C/c2cc(CCCS(=O)(=O)[O-])c3n2[B-](F)(F)[N+]2=C(c4cccs4)C=C(CCCS(=O)(=O)[O-])C2=C3)cc1)C(=O)NC(CCCC[N+](C)(C)C)C(=O)NCCNCCCCCC(=O)ON1C(=O)CCC1=O. The van der Waals surface area contributed by atoms with Gasteiger partial charge in [0.2, 0.25) is 17.7 Å². The van der Waals surface area contributed by atoms with Crippen molar-refractivity contribution in [1.82, 2.24) is 30.8 Å². The molecule has 0 saturated carbocycles. The molecule has 1 aromatic carbocycles. The highest BCUT2D eigenvalue weighted by Crippen LogP contribution is 2.41. The number of imide groups is 1. The van der Waals surface area contributed by atoms with Crippen LogP contribution in [0.25, 0.3) is 18.2 Å². The fraction of sp³-hybridized carbons (Fsp3) is 0.557. The van der Waals surface area contributed by atoms with E-state index in [0.29, 0.717) is 97.0 Å². The Bertz CT molecular complexity index is 3340. The van der Waals surface area contributed by atoms with Gasteiger partial charge in [-0.2, -0.15) is 0 Å². The molecule has 0 radical (unpaired) electrons. The molecule has 5 amide bonds. The largest absolute Gasteiger partial charge is 0.748 e. The average Bonchev–Trinajstić information content (AvgIpc) is 1.53. The van der Waals surface area contributed by atoms with Crippen molar-refractivity contribution in [3.8, 4) is 5.75 Å². The zero-order valence-corrected chi connectivity index (χ0v) is 54.9. The summed E-state index contributed by atoms with van der Waals surface area (Å²) in [6, 6.07) is 10.0. The molecule has 5 heterocycles. The number of aryl methyl sites for hydroxylation is 1. The van der Waals surface area contributed by atoms with E-state index in [4.69, 9.17) is 9.57 Å². The number of fused-ring (bicyclic) bond motifs is 2. The lowest BCUT2D eigenvalue weighted by Crippen LogP contribution is -2.54. The first-order chi connectivity index (χ1) is 42.4. The summed E-state index contributed by atoms with van der Waals surface area (Å²) in [6.45, 7) is -1.43. The summed E-state index contributed by atoms with van der Waals surface area (Å²) >= 11 is 1.25. The minimum Gasteiger partial charge on any atom is -0.748 e. The highest BCUT2D eigenvalue weighted by molar-refractivity contribution is 7.85. The van der Waals surface area contributed by atoms with E-state index in [-0.39, 0.29) is 92.6 Å². The number of carbonyl (C=O) groups excluding carboxylic acids is 6. The van der Waals surface area contributed by atoms with Crippen LogP contribution in [0.2, 0.25) is 0 Å². The quantitative estimate of drug-likeness (QED) is 0.0185. The summed E-state index contributed by atoms with van der Waals surface area (Å²) in [5.41, 5.74) is 1.94. The lowest BCUT2D eigenvalue weighted by Gasteiger charge is -2.31. The van der Waals surface area contributed by atoms with Crippen molar-refractivity contribution in [3.05, 3.63) is 92.6 Å². The van der Waals surface area contributed by atoms with Crippen LogP contribution >= 0.6 is 11.3 Å². The second-order valence-corrected chi connectivity index (χ2v) is 29.0. The Kier molecular flexibility index (Phi) is 26.8. The lowest BCUT2D eigenvalue weighted by atomic mass is 9.88. The molecule has 3 aliphatic heterocycles. The third-order valence-corrected chi connectivity index (χ3v) is 17.8. The Morgan fingerprint density at radius 1 is 0.733 bits per heavy atom. The van der Waals surface area contributed by atoms with Crippen molar-refractivity contribution >= 4 is 98.0 Å². The number of unbranched alkanes of at least 4 members (excludes halogenated alkanes) is 4. The minimum absolute atomic E-state index is 0.0103. The van der Waals surface area contributed by atoms with Crippen LogP contribution in [-0.4, -0.2) is 202 Å².